The van der Waals surface area contributed by atoms with Gasteiger partial charge in [0.1, 0.15) is 5.82 Å². The average Bonchev–Trinajstić information content (AvgIpc) is 3.07. The molecule has 134 valence electrons. The van der Waals surface area contributed by atoms with E-state index in [1.54, 1.807) is 23.0 Å². The van der Waals surface area contributed by atoms with E-state index < -0.39 is 0 Å². The molecule has 7 heteroatoms. The van der Waals surface area contributed by atoms with Crippen molar-refractivity contribution in [2.75, 3.05) is 11.9 Å². The zero-order valence-corrected chi connectivity index (χ0v) is 14.7. The first-order chi connectivity index (χ1) is 12.5. The van der Waals surface area contributed by atoms with Crippen LogP contribution in [0.5, 0.6) is 0 Å². The molecule has 0 saturated heterocycles. The number of pyridine rings is 1. The number of nitrogens with zero attached hydrogens (tertiary/aromatic N) is 3. The monoisotopic (exact) mass is 353 g/mol. The maximum Gasteiger partial charge on any atom is 0.257 e. The molecule has 4 rings (SSSR count). The fourth-order valence-corrected chi connectivity index (χ4v) is 3.27. The lowest BCUT2D eigenvalue weighted by Gasteiger charge is -2.19. The Morgan fingerprint density at radius 3 is 3.00 bits per heavy atom. The van der Waals surface area contributed by atoms with E-state index in [9.17, 15) is 9.18 Å². The van der Waals surface area contributed by atoms with E-state index in [0.717, 1.165) is 23.1 Å². The Bertz CT molecular complexity index is 995. The number of anilines is 1. The highest BCUT2D eigenvalue weighted by atomic mass is 19.1. The normalized spacial score (nSPS) is 13.8. The molecule has 3 heterocycles. The highest BCUT2D eigenvalue weighted by Gasteiger charge is 2.18. The molecular formula is C19H20FN5O. The van der Waals surface area contributed by atoms with Crippen molar-refractivity contribution in [1.29, 1.82) is 0 Å². The van der Waals surface area contributed by atoms with Crippen LogP contribution in [0.25, 0.3) is 11.0 Å². The van der Waals surface area contributed by atoms with Gasteiger partial charge in [-0.15, -0.1) is 0 Å². The fourth-order valence-electron chi connectivity index (χ4n) is 3.27. The Labute approximate surface area is 150 Å². The summed E-state index contributed by atoms with van der Waals surface area (Å²) in [6.07, 6.45) is 3.80. The van der Waals surface area contributed by atoms with E-state index in [1.807, 2.05) is 19.9 Å². The number of hydrogen-bond donors (Lipinski definition) is 2. The third kappa shape index (κ3) is 2.84. The van der Waals surface area contributed by atoms with Gasteiger partial charge < -0.3 is 10.6 Å². The quantitative estimate of drug-likeness (QED) is 0.759. The molecule has 1 aliphatic heterocycles. The van der Waals surface area contributed by atoms with Gasteiger partial charge in [0.2, 0.25) is 0 Å². The number of carbonyl (C=O) groups is 1. The molecule has 0 spiro atoms. The van der Waals surface area contributed by atoms with Crippen LogP contribution in [0, 0.1) is 5.82 Å². The maximum atomic E-state index is 14.7. The molecule has 6 nitrogen and oxygen atoms in total. The third-order valence-corrected chi connectivity index (χ3v) is 4.64. The first-order valence-electron chi connectivity index (χ1n) is 8.70. The van der Waals surface area contributed by atoms with Crippen LogP contribution in [-0.2, 0) is 13.0 Å². The zero-order chi connectivity index (χ0) is 18.3. The summed E-state index contributed by atoms with van der Waals surface area (Å²) in [7, 11) is 0. The van der Waals surface area contributed by atoms with Crippen LogP contribution in [-0.4, -0.2) is 27.2 Å². The van der Waals surface area contributed by atoms with Crippen molar-refractivity contribution in [3.63, 3.8) is 0 Å². The summed E-state index contributed by atoms with van der Waals surface area (Å²) >= 11 is 0. The Morgan fingerprint density at radius 2 is 2.19 bits per heavy atom. The minimum absolute atomic E-state index is 0.179. The van der Waals surface area contributed by atoms with Crippen LogP contribution in [0.15, 0.2) is 30.6 Å². The molecule has 2 aromatic heterocycles. The van der Waals surface area contributed by atoms with Crippen molar-refractivity contribution in [3.8, 4) is 0 Å². The van der Waals surface area contributed by atoms with Crippen LogP contribution in [0.3, 0.4) is 0 Å². The van der Waals surface area contributed by atoms with Gasteiger partial charge in [-0.25, -0.2) is 14.1 Å². The van der Waals surface area contributed by atoms with Crippen molar-refractivity contribution >= 4 is 22.6 Å². The van der Waals surface area contributed by atoms with Gasteiger partial charge in [0.25, 0.3) is 5.91 Å². The van der Waals surface area contributed by atoms with Gasteiger partial charge in [-0.2, -0.15) is 5.10 Å². The first-order valence-corrected chi connectivity index (χ1v) is 8.70. The van der Waals surface area contributed by atoms with Crippen LogP contribution >= 0.6 is 0 Å². The number of halogens is 1. The minimum Gasteiger partial charge on any atom is -0.319 e. The topological polar surface area (TPSA) is 71.8 Å². The molecule has 2 N–H and O–H groups in total. The summed E-state index contributed by atoms with van der Waals surface area (Å²) in [5, 5.41) is 11.0. The molecule has 1 amide bonds. The van der Waals surface area contributed by atoms with E-state index in [4.69, 9.17) is 0 Å². The van der Waals surface area contributed by atoms with Crippen molar-refractivity contribution < 1.29 is 9.18 Å². The fraction of sp³-hybridized carbons (Fsp3) is 0.316. The summed E-state index contributed by atoms with van der Waals surface area (Å²) in [5.74, 6) is -0.733. The zero-order valence-electron chi connectivity index (χ0n) is 14.7. The van der Waals surface area contributed by atoms with Crippen LogP contribution < -0.4 is 10.6 Å². The number of benzene rings is 1. The smallest absolute Gasteiger partial charge is 0.257 e. The second-order valence-electron chi connectivity index (χ2n) is 6.77. The summed E-state index contributed by atoms with van der Waals surface area (Å²) in [6.45, 7) is 5.43. The van der Waals surface area contributed by atoms with E-state index in [2.05, 4.69) is 20.7 Å². The Hall–Kier alpha value is -2.80. The Morgan fingerprint density at radius 1 is 1.35 bits per heavy atom. The molecule has 26 heavy (non-hydrogen) atoms. The van der Waals surface area contributed by atoms with Gasteiger partial charge in [0.15, 0.2) is 5.65 Å². The van der Waals surface area contributed by atoms with Gasteiger partial charge in [-0.05, 0) is 50.1 Å². The molecule has 3 aromatic rings. The number of hydrogen-bond acceptors (Lipinski definition) is 4. The molecule has 0 unspecified atom stereocenters. The van der Waals surface area contributed by atoms with E-state index >= 15 is 0 Å². The maximum absolute atomic E-state index is 14.7. The molecule has 1 aromatic carbocycles. The largest absolute Gasteiger partial charge is 0.319 e. The highest BCUT2D eigenvalue weighted by Crippen LogP contribution is 2.25. The van der Waals surface area contributed by atoms with Gasteiger partial charge in [0.05, 0.1) is 17.4 Å². The molecular weight excluding hydrogens is 333 g/mol. The van der Waals surface area contributed by atoms with Gasteiger partial charge >= 0.3 is 0 Å². The average molecular weight is 353 g/mol. The Kier molecular flexibility index (Phi) is 4.16. The third-order valence-electron chi connectivity index (χ3n) is 4.64. The van der Waals surface area contributed by atoms with Crippen molar-refractivity contribution in [2.45, 2.75) is 32.9 Å². The van der Waals surface area contributed by atoms with E-state index in [-0.39, 0.29) is 23.5 Å². The van der Waals surface area contributed by atoms with Crippen LogP contribution in [0.2, 0.25) is 0 Å². The van der Waals surface area contributed by atoms with Crippen molar-refractivity contribution in [2.24, 2.45) is 0 Å². The van der Waals surface area contributed by atoms with E-state index in [1.165, 1.54) is 6.20 Å². The number of aromatic nitrogens is 3. The van der Waals surface area contributed by atoms with Gasteiger partial charge in [-0.1, -0.05) is 6.07 Å². The second-order valence-corrected chi connectivity index (χ2v) is 6.77. The van der Waals surface area contributed by atoms with Gasteiger partial charge in [0, 0.05) is 24.2 Å². The molecule has 0 radical (unpaired) electrons. The van der Waals surface area contributed by atoms with Crippen molar-refractivity contribution in [1.82, 2.24) is 20.1 Å². The number of fused-ring (bicyclic) bond motifs is 2. The van der Waals surface area contributed by atoms with Crippen LogP contribution in [0.1, 0.15) is 41.4 Å². The van der Waals surface area contributed by atoms with Gasteiger partial charge in [-0.3, -0.25) is 4.79 Å². The number of rotatable bonds is 3. The lowest BCUT2D eigenvalue weighted by Crippen LogP contribution is -2.25. The molecule has 0 atom stereocenters. The first kappa shape index (κ1) is 16.7. The summed E-state index contributed by atoms with van der Waals surface area (Å²) in [4.78, 5) is 16.9. The van der Waals surface area contributed by atoms with Crippen LogP contribution in [0.4, 0.5) is 10.1 Å². The second kappa shape index (κ2) is 6.49. The van der Waals surface area contributed by atoms with Crippen molar-refractivity contribution in [3.05, 3.63) is 53.1 Å². The predicted octanol–water partition coefficient (Wildman–Crippen LogP) is 3.05. The molecule has 0 saturated carbocycles. The minimum atomic E-state index is -0.385. The molecule has 0 fully saturated rings. The summed E-state index contributed by atoms with van der Waals surface area (Å²) in [5.41, 5.74) is 2.92. The Balaban J connectivity index is 1.61. The number of nitrogens with one attached hydrogen (secondary N) is 2. The SMILES string of the molecule is CC(C)n1ncc2cc(C(=O)Nc3ccc4c(c3F)CCNC4)cnc21. The number of carbonyl (C=O) groups excluding carboxylic acids is 1. The number of amides is 1. The molecule has 0 bridgehead atoms. The highest BCUT2D eigenvalue weighted by molar-refractivity contribution is 6.05. The lowest BCUT2D eigenvalue weighted by atomic mass is 9.99. The lowest BCUT2D eigenvalue weighted by molar-refractivity contribution is 0.102. The summed E-state index contributed by atoms with van der Waals surface area (Å²) in [6, 6.07) is 5.37. The molecule has 0 aliphatic carbocycles. The predicted molar refractivity (Wildman–Crippen MR) is 97.7 cm³/mol. The molecule has 1 aliphatic rings. The van der Waals surface area contributed by atoms with E-state index in [0.29, 0.717) is 24.1 Å². The standard InChI is InChI=1S/C19H20FN5O/c1-11(2)25-18-13(10-23-25)7-14(9-22-18)19(26)24-16-4-3-12-8-21-6-5-15(12)17(16)20/h3-4,7,9-11,21H,5-6,8H2,1-2H3,(H,24,26). The summed E-state index contributed by atoms with van der Waals surface area (Å²) < 4.78 is 16.5.